The normalized spacial score (nSPS) is 11.9. The third-order valence-corrected chi connectivity index (χ3v) is 3.31. The minimum absolute atomic E-state index is 0.0280. The molecule has 0 aliphatic carbocycles. The number of nitrogens with zero attached hydrogens (tertiary/aromatic N) is 3. The van der Waals surface area contributed by atoms with Crippen LogP contribution in [0.5, 0.6) is 0 Å². The number of aromatic nitrogens is 1. The molecule has 5 nitrogen and oxygen atoms in total. The van der Waals surface area contributed by atoms with Gasteiger partial charge in [0.25, 0.3) is 0 Å². The van der Waals surface area contributed by atoms with Crippen LogP contribution in [-0.2, 0) is 4.79 Å². The molecular formula is C15H23N3O2. The van der Waals surface area contributed by atoms with Gasteiger partial charge in [-0.05, 0) is 26.7 Å². The van der Waals surface area contributed by atoms with E-state index in [-0.39, 0.29) is 12.3 Å². The highest BCUT2D eigenvalue weighted by Crippen LogP contribution is 2.26. The van der Waals surface area contributed by atoms with Crippen molar-refractivity contribution in [3.63, 3.8) is 0 Å². The second-order valence-electron chi connectivity index (χ2n) is 5.00. The Hall–Kier alpha value is -1.83. The van der Waals surface area contributed by atoms with Crippen molar-refractivity contribution < 1.29 is 9.32 Å². The summed E-state index contributed by atoms with van der Waals surface area (Å²) < 4.78 is 5.09. The topological polar surface area (TPSA) is 70.1 Å². The van der Waals surface area contributed by atoms with Crippen molar-refractivity contribution in [2.24, 2.45) is 0 Å². The Morgan fingerprint density at radius 1 is 1.35 bits per heavy atom. The molecule has 1 unspecified atom stereocenters. The van der Waals surface area contributed by atoms with Crippen LogP contribution in [0.1, 0.15) is 56.0 Å². The van der Waals surface area contributed by atoms with Crippen LogP contribution in [0.3, 0.4) is 0 Å². The van der Waals surface area contributed by atoms with E-state index in [1.165, 1.54) is 0 Å². The van der Waals surface area contributed by atoms with E-state index in [0.717, 1.165) is 31.5 Å². The standard InChI is InChI=1S/C15H23N3O2/c1-5-7-18(8-6-2)14(19)9-13(10-16)15-11(3)17-20-12(15)4/h13H,5-9H2,1-4H3. The predicted octanol–water partition coefficient (Wildman–Crippen LogP) is 2.94. The van der Waals surface area contributed by atoms with E-state index < -0.39 is 5.92 Å². The van der Waals surface area contributed by atoms with Crippen LogP contribution in [0.15, 0.2) is 4.52 Å². The average molecular weight is 277 g/mol. The van der Waals surface area contributed by atoms with E-state index in [4.69, 9.17) is 4.52 Å². The molecule has 1 aromatic heterocycles. The first-order valence-electron chi connectivity index (χ1n) is 7.15. The predicted molar refractivity (Wildman–Crippen MR) is 76.1 cm³/mol. The van der Waals surface area contributed by atoms with E-state index in [9.17, 15) is 10.1 Å². The van der Waals surface area contributed by atoms with Crippen LogP contribution in [0.4, 0.5) is 0 Å². The van der Waals surface area contributed by atoms with E-state index in [0.29, 0.717) is 11.5 Å². The maximum absolute atomic E-state index is 12.3. The summed E-state index contributed by atoms with van der Waals surface area (Å²) in [6, 6.07) is 2.21. The largest absolute Gasteiger partial charge is 0.361 e. The highest BCUT2D eigenvalue weighted by Gasteiger charge is 2.25. The first-order valence-corrected chi connectivity index (χ1v) is 7.15. The SMILES string of the molecule is CCCN(CCC)C(=O)CC(C#N)c1c(C)noc1C. The molecule has 0 spiro atoms. The lowest BCUT2D eigenvalue weighted by Gasteiger charge is -2.22. The third kappa shape index (κ3) is 3.83. The Kier molecular flexibility index (Phi) is 6.23. The fraction of sp³-hybridized carbons (Fsp3) is 0.667. The van der Waals surface area contributed by atoms with Gasteiger partial charge in [-0.2, -0.15) is 5.26 Å². The molecule has 0 N–H and O–H groups in total. The van der Waals surface area contributed by atoms with Crippen LogP contribution in [0.2, 0.25) is 0 Å². The van der Waals surface area contributed by atoms with Crippen LogP contribution >= 0.6 is 0 Å². The molecule has 0 aromatic carbocycles. The van der Waals surface area contributed by atoms with Gasteiger partial charge in [-0.3, -0.25) is 4.79 Å². The van der Waals surface area contributed by atoms with Gasteiger partial charge >= 0.3 is 0 Å². The van der Waals surface area contributed by atoms with Crippen molar-refractivity contribution in [2.45, 2.75) is 52.9 Å². The number of hydrogen-bond donors (Lipinski definition) is 0. The van der Waals surface area contributed by atoms with Crippen molar-refractivity contribution in [3.05, 3.63) is 17.0 Å². The zero-order valence-electron chi connectivity index (χ0n) is 12.8. The van der Waals surface area contributed by atoms with Crippen LogP contribution in [0.25, 0.3) is 0 Å². The van der Waals surface area contributed by atoms with Gasteiger partial charge in [0.05, 0.1) is 17.7 Å². The average Bonchev–Trinajstić information content (AvgIpc) is 2.75. The van der Waals surface area contributed by atoms with Gasteiger partial charge in [0.2, 0.25) is 5.91 Å². The lowest BCUT2D eigenvalue weighted by atomic mass is 9.95. The summed E-state index contributed by atoms with van der Waals surface area (Å²) in [5.41, 5.74) is 1.45. The summed E-state index contributed by atoms with van der Waals surface area (Å²) >= 11 is 0. The quantitative estimate of drug-likeness (QED) is 0.768. The molecule has 5 heteroatoms. The molecule has 0 aliphatic rings. The summed E-state index contributed by atoms with van der Waals surface area (Å²) in [6.45, 7) is 9.16. The second-order valence-corrected chi connectivity index (χ2v) is 5.00. The third-order valence-electron chi connectivity index (χ3n) is 3.31. The van der Waals surface area contributed by atoms with Crippen LogP contribution < -0.4 is 0 Å². The molecular weight excluding hydrogens is 254 g/mol. The smallest absolute Gasteiger partial charge is 0.224 e. The maximum atomic E-state index is 12.3. The molecule has 0 saturated carbocycles. The molecule has 110 valence electrons. The zero-order chi connectivity index (χ0) is 15.1. The van der Waals surface area contributed by atoms with E-state index in [1.54, 1.807) is 13.8 Å². The van der Waals surface area contributed by atoms with Crippen molar-refractivity contribution >= 4 is 5.91 Å². The molecule has 0 aliphatic heterocycles. The summed E-state index contributed by atoms with van der Waals surface area (Å²) in [7, 11) is 0. The molecule has 1 aromatic rings. The Bertz CT molecular complexity index is 462. The van der Waals surface area contributed by atoms with Crippen molar-refractivity contribution in [1.29, 1.82) is 5.26 Å². The summed E-state index contributed by atoms with van der Waals surface area (Å²) in [5, 5.41) is 13.2. The second kappa shape index (κ2) is 7.68. The summed E-state index contributed by atoms with van der Waals surface area (Å²) in [6.07, 6.45) is 2.04. The van der Waals surface area contributed by atoms with Crippen molar-refractivity contribution in [2.75, 3.05) is 13.1 Å². The molecule has 0 radical (unpaired) electrons. The molecule has 0 fully saturated rings. The number of aryl methyl sites for hydroxylation is 2. The minimum Gasteiger partial charge on any atom is -0.361 e. The van der Waals surface area contributed by atoms with Crippen molar-refractivity contribution in [1.82, 2.24) is 10.1 Å². The number of nitriles is 1. The highest BCUT2D eigenvalue weighted by molar-refractivity contribution is 5.77. The Morgan fingerprint density at radius 2 is 1.95 bits per heavy atom. The van der Waals surface area contributed by atoms with Crippen LogP contribution in [0, 0.1) is 25.2 Å². The number of carbonyl (C=O) groups is 1. The van der Waals surface area contributed by atoms with Gasteiger partial charge < -0.3 is 9.42 Å². The monoisotopic (exact) mass is 277 g/mol. The molecule has 1 atom stereocenters. The molecule has 0 bridgehead atoms. The minimum atomic E-state index is -0.482. The Labute approximate surface area is 120 Å². The first kappa shape index (κ1) is 16.2. The van der Waals surface area contributed by atoms with E-state index >= 15 is 0 Å². The first-order chi connectivity index (χ1) is 9.54. The number of hydrogen-bond acceptors (Lipinski definition) is 4. The number of rotatable bonds is 7. The fourth-order valence-corrected chi connectivity index (χ4v) is 2.40. The van der Waals surface area contributed by atoms with E-state index in [1.807, 2.05) is 18.7 Å². The zero-order valence-corrected chi connectivity index (χ0v) is 12.8. The number of amides is 1. The van der Waals surface area contributed by atoms with E-state index in [2.05, 4.69) is 11.2 Å². The fourth-order valence-electron chi connectivity index (χ4n) is 2.40. The van der Waals surface area contributed by atoms with Gasteiger partial charge in [-0.1, -0.05) is 19.0 Å². The van der Waals surface area contributed by atoms with Gasteiger partial charge in [-0.15, -0.1) is 0 Å². The van der Waals surface area contributed by atoms with Gasteiger partial charge in [0, 0.05) is 25.1 Å². The molecule has 0 saturated heterocycles. The summed E-state index contributed by atoms with van der Waals surface area (Å²) in [4.78, 5) is 14.2. The maximum Gasteiger partial charge on any atom is 0.224 e. The molecule has 1 rings (SSSR count). The van der Waals surface area contributed by atoms with Crippen LogP contribution in [-0.4, -0.2) is 29.1 Å². The van der Waals surface area contributed by atoms with Gasteiger partial charge in [-0.25, -0.2) is 0 Å². The molecule has 1 heterocycles. The van der Waals surface area contributed by atoms with Gasteiger partial charge in [0.15, 0.2) is 0 Å². The lowest BCUT2D eigenvalue weighted by Crippen LogP contribution is -2.33. The molecule has 20 heavy (non-hydrogen) atoms. The Balaban J connectivity index is 2.83. The molecule has 1 amide bonds. The van der Waals surface area contributed by atoms with Gasteiger partial charge in [0.1, 0.15) is 5.76 Å². The van der Waals surface area contributed by atoms with Crippen molar-refractivity contribution in [3.8, 4) is 6.07 Å². The highest BCUT2D eigenvalue weighted by atomic mass is 16.5. The summed E-state index contributed by atoms with van der Waals surface area (Å²) in [5.74, 6) is 0.171. The lowest BCUT2D eigenvalue weighted by molar-refractivity contribution is -0.131. The number of carbonyl (C=O) groups excluding carboxylic acids is 1. The Morgan fingerprint density at radius 3 is 2.35 bits per heavy atom.